The molecular weight excluding hydrogens is 332 g/mol. The molecule has 3 rings (SSSR count). The van der Waals surface area contributed by atoms with Crippen molar-refractivity contribution < 1.29 is 18.4 Å². The molecule has 1 aromatic carbocycles. The molecule has 1 aromatic rings. The van der Waals surface area contributed by atoms with Crippen molar-refractivity contribution in [3.63, 3.8) is 0 Å². The Hall–Kier alpha value is -1.14. The number of carbonyl (C=O) groups excluding carboxylic acids is 2. The van der Waals surface area contributed by atoms with E-state index in [0.717, 1.165) is 4.90 Å². The Morgan fingerprint density at radius 3 is 2.64 bits per heavy atom. The second-order valence-electron chi connectivity index (χ2n) is 5.57. The van der Waals surface area contributed by atoms with Crippen molar-refractivity contribution in [3.05, 3.63) is 28.8 Å². The molecule has 3 nitrogen and oxygen atoms in total. The van der Waals surface area contributed by atoms with Crippen molar-refractivity contribution in [2.24, 2.45) is 0 Å². The van der Waals surface area contributed by atoms with Crippen LogP contribution in [0.4, 0.5) is 8.78 Å². The van der Waals surface area contributed by atoms with E-state index in [2.05, 4.69) is 0 Å². The molecule has 1 fully saturated rings. The third-order valence-electron chi connectivity index (χ3n) is 3.94. The lowest BCUT2D eigenvalue weighted by Crippen LogP contribution is -2.43. The molecule has 0 bridgehead atoms. The number of halogens is 3. The summed E-state index contributed by atoms with van der Waals surface area (Å²) in [5.41, 5.74) is 0.689. The van der Waals surface area contributed by atoms with E-state index in [1.165, 1.54) is 0 Å². The van der Waals surface area contributed by atoms with Gasteiger partial charge in [0, 0.05) is 41.6 Å². The number of rotatable bonds is 2. The van der Waals surface area contributed by atoms with Gasteiger partial charge in [0.25, 0.3) is 5.25 Å². The maximum absolute atomic E-state index is 13.9. The molecular formula is C15H14ClF2NO2S. The molecule has 2 aliphatic heterocycles. The fourth-order valence-electron chi connectivity index (χ4n) is 2.92. The second kappa shape index (κ2) is 5.81. The number of piperidine rings is 1. The van der Waals surface area contributed by atoms with E-state index >= 15 is 0 Å². The highest BCUT2D eigenvalue weighted by Crippen LogP contribution is 2.51. The van der Waals surface area contributed by atoms with Gasteiger partial charge in [-0.05, 0) is 30.2 Å². The first-order valence-electron chi connectivity index (χ1n) is 7.05. The lowest BCUT2D eigenvalue weighted by molar-refractivity contribution is -0.148. The molecule has 0 radical (unpaired) electrons. The number of hydrogen-bond donors (Lipinski definition) is 0. The van der Waals surface area contributed by atoms with Crippen LogP contribution in [-0.2, 0) is 9.59 Å². The number of fused-ring (bicyclic) bond motifs is 1. The molecule has 0 aliphatic carbocycles. The Balaban J connectivity index is 1.91. The first-order chi connectivity index (χ1) is 10.4. The monoisotopic (exact) mass is 345 g/mol. The lowest BCUT2D eigenvalue weighted by atomic mass is 9.93. The van der Waals surface area contributed by atoms with Gasteiger partial charge in [-0.15, -0.1) is 0 Å². The summed E-state index contributed by atoms with van der Waals surface area (Å²) in [6.45, 7) is 0.00115. The van der Waals surface area contributed by atoms with E-state index in [-0.39, 0.29) is 18.4 Å². The van der Waals surface area contributed by atoms with Crippen LogP contribution in [0.2, 0.25) is 5.02 Å². The van der Waals surface area contributed by atoms with Gasteiger partial charge in [-0.1, -0.05) is 23.4 Å². The molecule has 0 saturated carbocycles. The zero-order chi connectivity index (χ0) is 15.9. The summed E-state index contributed by atoms with van der Waals surface area (Å²) < 4.78 is 27.8. The van der Waals surface area contributed by atoms with Crippen LogP contribution in [-0.4, -0.2) is 28.5 Å². The fourth-order valence-corrected chi connectivity index (χ4v) is 4.18. The third-order valence-corrected chi connectivity index (χ3v) is 5.23. The van der Waals surface area contributed by atoms with E-state index in [0.29, 0.717) is 46.5 Å². The summed E-state index contributed by atoms with van der Waals surface area (Å²) in [6, 6.07) is 4.80. The molecule has 2 amide bonds. The average molecular weight is 346 g/mol. The highest BCUT2D eigenvalue weighted by molar-refractivity contribution is 8.00. The Kier molecular flexibility index (Phi) is 4.16. The molecule has 1 atom stereocenters. The van der Waals surface area contributed by atoms with E-state index in [4.69, 9.17) is 11.6 Å². The summed E-state index contributed by atoms with van der Waals surface area (Å²) in [7, 11) is 0. The van der Waals surface area contributed by atoms with Crippen molar-refractivity contribution in [2.75, 3.05) is 6.54 Å². The molecule has 1 unspecified atom stereocenters. The van der Waals surface area contributed by atoms with E-state index < -0.39 is 17.6 Å². The topological polar surface area (TPSA) is 37.4 Å². The zero-order valence-corrected chi connectivity index (χ0v) is 13.2. The number of alkyl halides is 2. The summed E-state index contributed by atoms with van der Waals surface area (Å²) in [5.74, 6) is -1.14. The van der Waals surface area contributed by atoms with Crippen LogP contribution in [0.1, 0.15) is 37.2 Å². The predicted octanol–water partition coefficient (Wildman–Crippen LogP) is 4.05. The number of likely N-dealkylation sites (tertiary alicyclic amines) is 1. The fraction of sp³-hybridized carbons (Fsp3) is 0.467. The van der Waals surface area contributed by atoms with Gasteiger partial charge in [0.2, 0.25) is 11.8 Å². The predicted molar refractivity (Wildman–Crippen MR) is 80.2 cm³/mol. The van der Waals surface area contributed by atoms with E-state index in [1.54, 1.807) is 18.2 Å². The van der Waals surface area contributed by atoms with E-state index in [1.807, 2.05) is 0 Å². The number of benzene rings is 1. The van der Waals surface area contributed by atoms with Crippen LogP contribution in [0.15, 0.2) is 23.1 Å². The summed E-state index contributed by atoms with van der Waals surface area (Å²) in [4.78, 5) is 25.4. The molecule has 0 aromatic heterocycles. The number of nitrogens with zero attached hydrogens (tertiary/aromatic N) is 1. The van der Waals surface area contributed by atoms with Gasteiger partial charge >= 0.3 is 0 Å². The van der Waals surface area contributed by atoms with Gasteiger partial charge in [0.05, 0.1) is 0 Å². The highest BCUT2D eigenvalue weighted by atomic mass is 35.5. The van der Waals surface area contributed by atoms with Crippen LogP contribution < -0.4 is 0 Å². The van der Waals surface area contributed by atoms with Gasteiger partial charge in [-0.3, -0.25) is 14.5 Å². The molecule has 0 N–H and O–H groups in total. The molecule has 2 heterocycles. The Morgan fingerprint density at radius 1 is 1.27 bits per heavy atom. The van der Waals surface area contributed by atoms with Crippen molar-refractivity contribution in [1.29, 1.82) is 0 Å². The Bertz CT molecular complexity index is 622. The van der Waals surface area contributed by atoms with Gasteiger partial charge in [-0.25, -0.2) is 0 Å². The van der Waals surface area contributed by atoms with Crippen LogP contribution in [0.3, 0.4) is 0 Å². The molecule has 1 saturated heterocycles. The number of hydrogen-bond acceptors (Lipinski definition) is 3. The summed E-state index contributed by atoms with van der Waals surface area (Å²) in [5, 5.41) is -2.45. The molecule has 22 heavy (non-hydrogen) atoms. The maximum atomic E-state index is 13.9. The molecule has 118 valence electrons. The quantitative estimate of drug-likeness (QED) is 0.759. The number of thioether (sulfide) groups is 1. The summed E-state index contributed by atoms with van der Waals surface area (Å²) in [6.07, 6.45) is 0.730. The minimum absolute atomic E-state index is 0.00115. The molecule has 2 aliphatic rings. The Labute approximate surface area is 136 Å². The number of amides is 2. The van der Waals surface area contributed by atoms with Crippen LogP contribution >= 0.6 is 23.4 Å². The van der Waals surface area contributed by atoms with Crippen molar-refractivity contribution in [2.45, 2.75) is 41.8 Å². The van der Waals surface area contributed by atoms with Crippen molar-refractivity contribution in [1.82, 2.24) is 4.90 Å². The standard InChI is InChI=1S/C15H14ClF2NO2S/c16-10-4-5-12-11(6-10)9(7-15(17,18)22-12)8-19-13(20)2-1-3-14(19)21/h4-6,9H,1-3,7-8H2. The van der Waals surface area contributed by atoms with E-state index in [9.17, 15) is 18.4 Å². The van der Waals surface area contributed by atoms with Crippen molar-refractivity contribution >= 4 is 35.2 Å². The van der Waals surface area contributed by atoms with Gasteiger partial charge in [0.15, 0.2) is 0 Å². The highest BCUT2D eigenvalue weighted by Gasteiger charge is 2.42. The smallest absolute Gasteiger partial charge is 0.282 e. The Morgan fingerprint density at radius 2 is 1.95 bits per heavy atom. The maximum Gasteiger partial charge on any atom is 0.298 e. The third kappa shape index (κ3) is 3.13. The van der Waals surface area contributed by atoms with Gasteiger partial charge < -0.3 is 0 Å². The SMILES string of the molecule is O=C1CCCC(=O)N1CC1CC(F)(F)Sc2ccc(Cl)cc21. The normalized spacial score (nSPS) is 24.3. The largest absolute Gasteiger partial charge is 0.298 e. The zero-order valence-electron chi connectivity index (χ0n) is 11.7. The average Bonchev–Trinajstić information content (AvgIpc) is 2.43. The number of imide groups is 1. The first kappa shape index (κ1) is 15.7. The molecule has 7 heteroatoms. The number of carbonyl (C=O) groups is 2. The van der Waals surface area contributed by atoms with Crippen LogP contribution in [0.5, 0.6) is 0 Å². The van der Waals surface area contributed by atoms with Crippen molar-refractivity contribution in [3.8, 4) is 0 Å². The van der Waals surface area contributed by atoms with Gasteiger partial charge in [0.1, 0.15) is 0 Å². The first-order valence-corrected chi connectivity index (χ1v) is 8.25. The second-order valence-corrected chi connectivity index (χ2v) is 7.25. The molecule has 0 spiro atoms. The lowest BCUT2D eigenvalue weighted by Gasteiger charge is -2.35. The minimum atomic E-state index is -2.91. The summed E-state index contributed by atoms with van der Waals surface area (Å²) >= 11 is 6.48. The van der Waals surface area contributed by atoms with Crippen LogP contribution in [0.25, 0.3) is 0 Å². The van der Waals surface area contributed by atoms with Crippen LogP contribution in [0, 0.1) is 0 Å². The minimum Gasteiger partial charge on any atom is -0.282 e. The van der Waals surface area contributed by atoms with Gasteiger partial charge in [-0.2, -0.15) is 8.78 Å².